The fraction of sp³-hybridized carbons (Fsp3) is 0.400. The summed E-state index contributed by atoms with van der Waals surface area (Å²) in [5, 5.41) is 17.1. The van der Waals surface area contributed by atoms with Gasteiger partial charge in [0.1, 0.15) is 6.33 Å². The maximum atomic E-state index is 5.60. The molecule has 3 aromatic heterocycles. The van der Waals surface area contributed by atoms with Crippen LogP contribution in [0.15, 0.2) is 40.3 Å². The van der Waals surface area contributed by atoms with E-state index in [2.05, 4.69) is 25.4 Å². The molecular weight excluding hydrogens is 312 g/mol. The summed E-state index contributed by atoms with van der Waals surface area (Å²) in [6.07, 6.45) is 4.38. The van der Waals surface area contributed by atoms with Gasteiger partial charge in [-0.2, -0.15) is 0 Å². The summed E-state index contributed by atoms with van der Waals surface area (Å²) in [6, 6.07) is 5.93. The smallest absolute Gasteiger partial charge is 0.226 e. The molecule has 0 radical (unpaired) electrons. The standard InChI is InChI=1S/C15H18N6OS/c1-11(2)14-19-18-13(22-14)9-23-15-20-17-10-21(15)8-6-12-5-3-4-7-16-12/h3-5,7,10-11H,6,8-9H2,1-2H3. The van der Waals surface area contributed by atoms with Crippen LogP contribution in [-0.4, -0.2) is 29.9 Å². The number of aromatic nitrogens is 6. The topological polar surface area (TPSA) is 82.5 Å². The average Bonchev–Trinajstić information content (AvgIpc) is 3.21. The Hall–Kier alpha value is -2.22. The predicted octanol–water partition coefficient (Wildman–Crippen LogP) is 2.71. The Bertz CT molecular complexity index is 739. The van der Waals surface area contributed by atoms with Gasteiger partial charge in [-0.05, 0) is 12.1 Å². The van der Waals surface area contributed by atoms with E-state index < -0.39 is 0 Å². The highest BCUT2D eigenvalue weighted by atomic mass is 32.2. The zero-order chi connectivity index (χ0) is 16.1. The number of thioether (sulfide) groups is 1. The molecule has 0 aliphatic rings. The van der Waals surface area contributed by atoms with Crippen LogP contribution in [0.3, 0.4) is 0 Å². The summed E-state index contributed by atoms with van der Waals surface area (Å²) in [6.45, 7) is 4.84. The molecule has 0 aliphatic carbocycles. The second kappa shape index (κ2) is 7.36. The van der Waals surface area contributed by atoms with Crippen molar-refractivity contribution in [2.24, 2.45) is 0 Å². The molecule has 3 rings (SSSR count). The van der Waals surface area contributed by atoms with E-state index in [-0.39, 0.29) is 5.92 Å². The van der Waals surface area contributed by atoms with Gasteiger partial charge in [-0.1, -0.05) is 31.7 Å². The highest BCUT2D eigenvalue weighted by Crippen LogP contribution is 2.21. The molecule has 0 atom stereocenters. The first-order valence-electron chi connectivity index (χ1n) is 7.45. The first kappa shape index (κ1) is 15.7. The van der Waals surface area contributed by atoms with Crippen LogP contribution >= 0.6 is 11.8 Å². The van der Waals surface area contributed by atoms with Crippen molar-refractivity contribution >= 4 is 11.8 Å². The van der Waals surface area contributed by atoms with Crippen LogP contribution in [0, 0.1) is 0 Å². The zero-order valence-corrected chi connectivity index (χ0v) is 13.9. The molecule has 3 heterocycles. The van der Waals surface area contributed by atoms with Crippen molar-refractivity contribution in [3.8, 4) is 0 Å². The normalized spacial score (nSPS) is 11.3. The van der Waals surface area contributed by atoms with Crippen molar-refractivity contribution in [2.45, 2.75) is 43.6 Å². The Balaban J connectivity index is 1.57. The molecule has 23 heavy (non-hydrogen) atoms. The monoisotopic (exact) mass is 330 g/mol. The molecule has 7 nitrogen and oxygen atoms in total. The van der Waals surface area contributed by atoms with Gasteiger partial charge in [0.15, 0.2) is 5.16 Å². The Kier molecular flexibility index (Phi) is 5.02. The minimum atomic E-state index is 0.239. The fourth-order valence-corrected chi connectivity index (χ4v) is 2.75. The molecule has 3 aromatic rings. The molecule has 0 amide bonds. The summed E-state index contributed by atoms with van der Waals surface area (Å²) in [4.78, 5) is 4.33. The third kappa shape index (κ3) is 4.16. The molecule has 0 saturated heterocycles. The van der Waals surface area contributed by atoms with Gasteiger partial charge >= 0.3 is 0 Å². The lowest BCUT2D eigenvalue weighted by atomic mass is 10.2. The zero-order valence-electron chi connectivity index (χ0n) is 13.1. The average molecular weight is 330 g/mol. The van der Waals surface area contributed by atoms with Gasteiger partial charge in [-0.15, -0.1) is 20.4 Å². The van der Waals surface area contributed by atoms with Crippen LogP contribution in [0.5, 0.6) is 0 Å². The van der Waals surface area contributed by atoms with E-state index in [4.69, 9.17) is 4.42 Å². The van der Waals surface area contributed by atoms with Crippen molar-refractivity contribution in [1.82, 2.24) is 29.9 Å². The molecule has 0 aliphatic heterocycles. The number of rotatable bonds is 7. The Morgan fingerprint density at radius 3 is 2.87 bits per heavy atom. The lowest BCUT2D eigenvalue weighted by Gasteiger charge is -2.05. The first-order chi connectivity index (χ1) is 11.2. The Morgan fingerprint density at radius 1 is 1.22 bits per heavy atom. The van der Waals surface area contributed by atoms with Crippen molar-refractivity contribution in [3.05, 3.63) is 48.2 Å². The molecule has 0 bridgehead atoms. The minimum absolute atomic E-state index is 0.239. The number of pyridine rings is 1. The van der Waals surface area contributed by atoms with E-state index in [0.717, 1.165) is 23.8 Å². The third-order valence-electron chi connectivity index (χ3n) is 3.22. The van der Waals surface area contributed by atoms with Crippen molar-refractivity contribution < 1.29 is 4.42 Å². The highest BCUT2D eigenvalue weighted by Gasteiger charge is 2.12. The van der Waals surface area contributed by atoms with Gasteiger partial charge in [0, 0.05) is 30.8 Å². The summed E-state index contributed by atoms with van der Waals surface area (Å²) in [5.74, 6) is 2.10. The van der Waals surface area contributed by atoms with Crippen LogP contribution in [0.4, 0.5) is 0 Å². The van der Waals surface area contributed by atoms with E-state index in [0.29, 0.717) is 17.5 Å². The Labute approximate surface area is 138 Å². The van der Waals surface area contributed by atoms with Gasteiger partial charge in [0.25, 0.3) is 0 Å². The molecule has 8 heteroatoms. The number of hydrogen-bond acceptors (Lipinski definition) is 7. The molecule has 0 unspecified atom stereocenters. The van der Waals surface area contributed by atoms with Gasteiger partial charge < -0.3 is 8.98 Å². The molecule has 0 fully saturated rings. The van der Waals surface area contributed by atoms with E-state index in [9.17, 15) is 0 Å². The van der Waals surface area contributed by atoms with Crippen molar-refractivity contribution in [1.29, 1.82) is 0 Å². The van der Waals surface area contributed by atoms with Crippen LogP contribution in [-0.2, 0) is 18.7 Å². The van der Waals surface area contributed by atoms with Crippen LogP contribution in [0.25, 0.3) is 0 Å². The largest absolute Gasteiger partial charge is 0.424 e. The van der Waals surface area contributed by atoms with E-state index in [1.54, 1.807) is 12.5 Å². The summed E-state index contributed by atoms with van der Waals surface area (Å²) < 4.78 is 7.61. The number of hydrogen-bond donors (Lipinski definition) is 0. The minimum Gasteiger partial charge on any atom is -0.424 e. The highest BCUT2D eigenvalue weighted by molar-refractivity contribution is 7.98. The predicted molar refractivity (Wildman–Crippen MR) is 85.9 cm³/mol. The SMILES string of the molecule is CC(C)c1nnc(CSc2nncn2CCc2ccccn2)o1. The van der Waals surface area contributed by atoms with Crippen LogP contribution in [0.2, 0.25) is 0 Å². The quantitative estimate of drug-likeness (QED) is 0.616. The van der Waals surface area contributed by atoms with Gasteiger partial charge in [-0.25, -0.2) is 0 Å². The van der Waals surface area contributed by atoms with E-state index >= 15 is 0 Å². The summed E-state index contributed by atoms with van der Waals surface area (Å²) in [7, 11) is 0. The summed E-state index contributed by atoms with van der Waals surface area (Å²) >= 11 is 1.54. The van der Waals surface area contributed by atoms with Crippen molar-refractivity contribution in [2.75, 3.05) is 0 Å². The summed E-state index contributed by atoms with van der Waals surface area (Å²) in [5.41, 5.74) is 1.05. The van der Waals surface area contributed by atoms with Gasteiger partial charge in [0.2, 0.25) is 11.8 Å². The Morgan fingerprint density at radius 2 is 2.13 bits per heavy atom. The van der Waals surface area contributed by atoms with E-state index in [1.807, 2.05) is 36.6 Å². The molecule has 0 saturated carbocycles. The molecule has 0 aromatic carbocycles. The maximum Gasteiger partial charge on any atom is 0.226 e. The fourth-order valence-electron chi connectivity index (χ4n) is 1.98. The van der Waals surface area contributed by atoms with Crippen LogP contribution in [0.1, 0.15) is 37.2 Å². The maximum absolute atomic E-state index is 5.60. The lowest BCUT2D eigenvalue weighted by molar-refractivity contribution is 0.445. The first-order valence-corrected chi connectivity index (χ1v) is 8.43. The number of nitrogens with zero attached hydrogens (tertiary/aromatic N) is 6. The lowest BCUT2D eigenvalue weighted by Crippen LogP contribution is -2.03. The third-order valence-corrected chi connectivity index (χ3v) is 4.18. The molecule has 120 valence electrons. The van der Waals surface area contributed by atoms with Crippen molar-refractivity contribution in [3.63, 3.8) is 0 Å². The molecular formula is C15H18N6OS. The van der Waals surface area contributed by atoms with E-state index in [1.165, 1.54) is 11.8 Å². The second-order valence-electron chi connectivity index (χ2n) is 5.36. The van der Waals surface area contributed by atoms with Gasteiger partial charge in [-0.3, -0.25) is 4.98 Å². The second-order valence-corrected chi connectivity index (χ2v) is 6.30. The number of aryl methyl sites for hydroxylation is 2. The molecule has 0 N–H and O–H groups in total. The van der Waals surface area contributed by atoms with Gasteiger partial charge in [0.05, 0.1) is 5.75 Å². The molecule has 0 spiro atoms. The van der Waals surface area contributed by atoms with Crippen LogP contribution < -0.4 is 0 Å².